The Labute approximate surface area is 111 Å². The van der Waals surface area contributed by atoms with Crippen molar-refractivity contribution in [2.24, 2.45) is 0 Å². The number of aryl methyl sites for hydroxylation is 2. The highest BCUT2D eigenvalue weighted by Crippen LogP contribution is 2.19. The minimum absolute atomic E-state index is 0.145. The zero-order chi connectivity index (χ0) is 12.4. The Hall–Kier alpha value is -1.27. The molecule has 0 radical (unpaired) electrons. The van der Waals surface area contributed by atoms with Gasteiger partial charge >= 0.3 is 0 Å². The normalized spacial score (nSPS) is 10.3. The summed E-state index contributed by atoms with van der Waals surface area (Å²) in [6.07, 6.45) is 1.62. The molecule has 0 atom stereocenters. The van der Waals surface area contributed by atoms with Crippen LogP contribution in [0.4, 0.5) is 5.69 Å². The number of hydrogen-bond donors (Lipinski definition) is 1. The summed E-state index contributed by atoms with van der Waals surface area (Å²) in [7, 11) is 0. The Morgan fingerprint density at radius 3 is 2.76 bits per heavy atom. The summed E-state index contributed by atoms with van der Waals surface area (Å²) in [6.45, 7) is 3.74. The van der Waals surface area contributed by atoms with Crippen LogP contribution in [-0.4, -0.2) is 15.9 Å². The Morgan fingerprint density at radius 1 is 1.41 bits per heavy atom. The van der Waals surface area contributed by atoms with Crippen molar-refractivity contribution in [3.8, 4) is 0 Å². The van der Waals surface area contributed by atoms with Crippen LogP contribution in [0.15, 0.2) is 22.4 Å². The van der Waals surface area contributed by atoms with Crippen molar-refractivity contribution in [1.82, 2.24) is 9.97 Å². The first-order valence-electron chi connectivity index (χ1n) is 4.91. The molecule has 88 valence electrons. The quantitative estimate of drug-likeness (QED) is 0.867. The van der Waals surface area contributed by atoms with Crippen LogP contribution in [-0.2, 0) is 0 Å². The topological polar surface area (TPSA) is 54.9 Å². The van der Waals surface area contributed by atoms with Crippen molar-refractivity contribution in [2.75, 3.05) is 5.32 Å². The number of amides is 1. The minimum atomic E-state index is -0.145. The molecule has 0 aromatic carbocycles. The molecule has 0 aliphatic heterocycles. The van der Waals surface area contributed by atoms with Gasteiger partial charge in [-0.25, -0.2) is 9.97 Å². The van der Waals surface area contributed by atoms with Gasteiger partial charge in [0.15, 0.2) is 0 Å². The van der Waals surface area contributed by atoms with Crippen LogP contribution in [0.1, 0.15) is 20.9 Å². The van der Waals surface area contributed by atoms with Gasteiger partial charge in [-0.1, -0.05) is 0 Å². The van der Waals surface area contributed by atoms with Crippen molar-refractivity contribution in [2.45, 2.75) is 13.8 Å². The average Bonchev–Trinajstić information content (AvgIpc) is 2.70. The maximum atomic E-state index is 11.9. The molecule has 2 aromatic rings. The van der Waals surface area contributed by atoms with Gasteiger partial charge in [0.05, 0.1) is 23.1 Å². The molecule has 0 aliphatic rings. The SMILES string of the molecule is Cc1cc(NC(=O)c2scnc2C)cnc1Br. The van der Waals surface area contributed by atoms with Crippen LogP contribution in [0.25, 0.3) is 0 Å². The summed E-state index contributed by atoms with van der Waals surface area (Å²) < 4.78 is 0.782. The lowest BCUT2D eigenvalue weighted by Crippen LogP contribution is -2.11. The summed E-state index contributed by atoms with van der Waals surface area (Å²) in [6, 6.07) is 1.87. The zero-order valence-corrected chi connectivity index (χ0v) is 11.7. The first-order chi connectivity index (χ1) is 8.08. The van der Waals surface area contributed by atoms with Gasteiger partial charge in [0, 0.05) is 0 Å². The fourth-order valence-electron chi connectivity index (χ4n) is 1.33. The van der Waals surface area contributed by atoms with Gasteiger partial charge in [0.2, 0.25) is 0 Å². The molecule has 2 heterocycles. The van der Waals surface area contributed by atoms with E-state index in [1.165, 1.54) is 11.3 Å². The van der Waals surface area contributed by atoms with Crippen LogP contribution in [0.3, 0.4) is 0 Å². The lowest BCUT2D eigenvalue weighted by Gasteiger charge is -2.05. The number of anilines is 1. The second-order valence-electron chi connectivity index (χ2n) is 3.55. The highest BCUT2D eigenvalue weighted by molar-refractivity contribution is 9.10. The van der Waals surface area contributed by atoms with Crippen molar-refractivity contribution in [3.63, 3.8) is 0 Å². The second-order valence-corrected chi connectivity index (χ2v) is 5.16. The third-order valence-corrected chi connectivity index (χ3v) is 3.98. The van der Waals surface area contributed by atoms with Gasteiger partial charge in [-0.05, 0) is 41.4 Å². The van der Waals surface area contributed by atoms with Gasteiger partial charge < -0.3 is 5.32 Å². The van der Waals surface area contributed by atoms with Crippen molar-refractivity contribution in [3.05, 3.63) is 38.5 Å². The van der Waals surface area contributed by atoms with E-state index >= 15 is 0 Å². The predicted octanol–water partition coefficient (Wildman–Crippen LogP) is 3.17. The van der Waals surface area contributed by atoms with Crippen LogP contribution >= 0.6 is 27.3 Å². The lowest BCUT2D eigenvalue weighted by molar-refractivity contribution is 0.103. The van der Waals surface area contributed by atoms with E-state index in [0.717, 1.165) is 15.9 Å². The Bertz CT molecular complexity index is 568. The molecule has 0 saturated heterocycles. The maximum absolute atomic E-state index is 11.9. The van der Waals surface area contributed by atoms with Crippen molar-refractivity contribution >= 4 is 38.9 Å². The van der Waals surface area contributed by atoms with E-state index in [4.69, 9.17) is 0 Å². The van der Waals surface area contributed by atoms with E-state index in [2.05, 4.69) is 31.2 Å². The molecule has 0 unspecified atom stereocenters. The number of rotatable bonds is 2. The lowest BCUT2D eigenvalue weighted by atomic mass is 10.3. The van der Waals surface area contributed by atoms with E-state index in [1.54, 1.807) is 11.7 Å². The fraction of sp³-hybridized carbons (Fsp3) is 0.182. The minimum Gasteiger partial charge on any atom is -0.320 e. The molecule has 0 aliphatic carbocycles. The standard InChI is InChI=1S/C11H10BrN3OS/c1-6-3-8(4-13-10(6)12)15-11(16)9-7(2)14-5-17-9/h3-5H,1-2H3,(H,15,16). The number of aromatic nitrogens is 2. The predicted molar refractivity (Wildman–Crippen MR) is 71.5 cm³/mol. The van der Waals surface area contributed by atoms with E-state index in [-0.39, 0.29) is 5.91 Å². The number of carbonyl (C=O) groups excluding carboxylic acids is 1. The number of halogens is 1. The molecule has 4 nitrogen and oxygen atoms in total. The fourth-order valence-corrected chi connectivity index (χ4v) is 2.25. The van der Waals surface area contributed by atoms with E-state index in [1.807, 2.05) is 19.9 Å². The number of thiazole rings is 1. The summed E-state index contributed by atoms with van der Waals surface area (Å²) in [5.41, 5.74) is 4.07. The molecule has 2 aromatic heterocycles. The van der Waals surface area contributed by atoms with Crippen LogP contribution < -0.4 is 5.32 Å². The monoisotopic (exact) mass is 311 g/mol. The molecule has 0 saturated carbocycles. The zero-order valence-electron chi connectivity index (χ0n) is 9.32. The summed E-state index contributed by atoms with van der Waals surface area (Å²) >= 11 is 4.65. The molecule has 0 bridgehead atoms. The number of hydrogen-bond acceptors (Lipinski definition) is 4. The van der Waals surface area contributed by atoms with E-state index in [0.29, 0.717) is 10.6 Å². The maximum Gasteiger partial charge on any atom is 0.267 e. The van der Waals surface area contributed by atoms with Gasteiger partial charge in [0.1, 0.15) is 9.48 Å². The van der Waals surface area contributed by atoms with Gasteiger partial charge in [-0.3, -0.25) is 4.79 Å². The Balaban J connectivity index is 2.19. The van der Waals surface area contributed by atoms with Crippen LogP contribution in [0.5, 0.6) is 0 Å². The van der Waals surface area contributed by atoms with Gasteiger partial charge in [0.25, 0.3) is 5.91 Å². The molecule has 6 heteroatoms. The molecular weight excluding hydrogens is 302 g/mol. The van der Waals surface area contributed by atoms with Crippen molar-refractivity contribution in [1.29, 1.82) is 0 Å². The molecule has 0 spiro atoms. The highest BCUT2D eigenvalue weighted by atomic mass is 79.9. The summed E-state index contributed by atoms with van der Waals surface area (Å²) in [4.78, 5) is 20.7. The molecule has 0 fully saturated rings. The number of nitrogens with one attached hydrogen (secondary N) is 1. The van der Waals surface area contributed by atoms with E-state index in [9.17, 15) is 4.79 Å². The van der Waals surface area contributed by atoms with Crippen molar-refractivity contribution < 1.29 is 4.79 Å². The molecular formula is C11H10BrN3OS. The first-order valence-corrected chi connectivity index (χ1v) is 6.59. The van der Waals surface area contributed by atoms with Crippen LogP contribution in [0, 0.1) is 13.8 Å². The third kappa shape index (κ3) is 2.70. The number of carbonyl (C=O) groups is 1. The van der Waals surface area contributed by atoms with Crippen LogP contribution in [0.2, 0.25) is 0 Å². The first kappa shape index (κ1) is 12.2. The Kier molecular flexibility index (Phi) is 3.54. The highest BCUT2D eigenvalue weighted by Gasteiger charge is 2.12. The average molecular weight is 312 g/mol. The largest absolute Gasteiger partial charge is 0.320 e. The third-order valence-electron chi connectivity index (χ3n) is 2.22. The molecule has 17 heavy (non-hydrogen) atoms. The summed E-state index contributed by atoms with van der Waals surface area (Å²) in [5.74, 6) is -0.145. The number of pyridine rings is 1. The summed E-state index contributed by atoms with van der Waals surface area (Å²) in [5, 5.41) is 2.80. The van der Waals surface area contributed by atoms with E-state index < -0.39 is 0 Å². The molecule has 1 amide bonds. The molecule has 1 N–H and O–H groups in total. The smallest absolute Gasteiger partial charge is 0.267 e. The second kappa shape index (κ2) is 4.93. The number of nitrogens with zero attached hydrogens (tertiary/aromatic N) is 2. The Morgan fingerprint density at radius 2 is 2.18 bits per heavy atom. The van der Waals surface area contributed by atoms with Gasteiger partial charge in [-0.2, -0.15) is 0 Å². The van der Waals surface area contributed by atoms with Gasteiger partial charge in [-0.15, -0.1) is 11.3 Å². The molecule has 2 rings (SSSR count).